The Morgan fingerprint density at radius 1 is 1.29 bits per heavy atom. The van der Waals surface area contributed by atoms with Crippen LogP contribution in [0.2, 0.25) is 0 Å². The number of nitrogens with one attached hydrogen (secondary N) is 1. The third-order valence-corrected chi connectivity index (χ3v) is 2.74. The number of hydrogen-bond acceptors (Lipinski definition) is 3. The van der Waals surface area contributed by atoms with Crippen LogP contribution in [0.4, 0.5) is 0 Å². The molecule has 0 aliphatic carbocycles. The lowest BCUT2D eigenvalue weighted by Crippen LogP contribution is -2.23. The fourth-order valence-electron chi connectivity index (χ4n) is 1.68. The van der Waals surface area contributed by atoms with E-state index in [0.29, 0.717) is 0 Å². The summed E-state index contributed by atoms with van der Waals surface area (Å²) in [6, 6.07) is 4.15. The minimum atomic E-state index is 0.254. The lowest BCUT2D eigenvalue weighted by atomic mass is 10.1. The first-order valence-corrected chi connectivity index (χ1v) is 6.54. The number of hydrogen-bond donors (Lipinski definition) is 1. The molecule has 1 atom stereocenters. The quantitative estimate of drug-likeness (QED) is 0.671. The number of ether oxygens (including phenoxy) is 1. The lowest BCUT2D eigenvalue weighted by molar-refractivity contribution is 0.127. The van der Waals surface area contributed by atoms with Crippen molar-refractivity contribution in [2.24, 2.45) is 5.92 Å². The molecule has 1 heterocycles. The third kappa shape index (κ3) is 6.49. The van der Waals surface area contributed by atoms with Crippen molar-refractivity contribution in [2.45, 2.75) is 39.7 Å². The Morgan fingerprint density at radius 2 is 2.12 bits per heavy atom. The van der Waals surface area contributed by atoms with E-state index in [1.807, 2.05) is 12.1 Å². The van der Waals surface area contributed by atoms with Crippen LogP contribution >= 0.6 is 0 Å². The molecule has 0 aliphatic rings. The van der Waals surface area contributed by atoms with E-state index in [1.165, 1.54) is 6.42 Å². The van der Waals surface area contributed by atoms with Gasteiger partial charge in [0.1, 0.15) is 5.76 Å². The van der Waals surface area contributed by atoms with Crippen LogP contribution in [-0.4, -0.2) is 19.8 Å². The zero-order chi connectivity index (χ0) is 12.5. The second kappa shape index (κ2) is 8.31. The zero-order valence-corrected chi connectivity index (χ0v) is 11.2. The first-order chi connectivity index (χ1) is 8.20. The van der Waals surface area contributed by atoms with Gasteiger partial charge in [-0.25, -0.2) is 0 Å². The summed E-state index contributed by atoms with van der Waals surface area (Å²) < 4.78 is 10.9. The predicted molar refractivity (Wildman–Crippen MR) is 70.0 cm³/mol. The standard InChI is InChI=1S/C14H25NO2/c1-12(2)6-4-9-16-11-8-15-13(3)14-7-5-10-17-14/h5,7,10,12-13,15H,4,6,8-9,11H2,1-3H3. The molecule has 3 heteroatoms. The zero-order valence-electron chi connectivity index (χ0n) is 11.2. The lowest BCUT2D eigenvalue weighted by Gasteiger charge is -2.11. The van der Waals surface area contributed by atoms with Crippen LogP contribution in [-0.2, 0) is 4.74 Å². The monoisotopic (exact) mass is 239 g/mol. The Balaban J connectivity index is 1.94. The minimum absolute atomic E-state index is 0.254. The van der Waals surface area contributed by atoms with Gasteiger partial charge in [-0.1, -0.05) is 13.8 Å². The van der Waals surface area contributed by atoms with E-state index in [1.54, 1.807) is 6.26 Å². The first kappa shape index (κ1) is 14.3. The molecule has 0 aromatic carbocycles. The van der Waals surface area contributed by atoms with Crippen molar-refractivity contribution < 1.29 is 9.15 Å². The second-order valence-corrected chi connectivity index (χ2v) is 4.84. The van der Waals surface area contributed by atoms with Crippen LogP contribution in [0, 0.1) is 5.92 Å². The predicted octanol–water partition coefficient (Wildman–Crippen LogP) is 3.38. The Hall–Kier alpha value is -0.800. The summed E-state index contributed by atoms with van der Waals surface area (Å²) >= 11 is 0. The summed E-state index contributed by atoms with van der Waals surface area (Å²) in [4.78, 5) is 0. The van der Waals surface area contributed by atoms with Crippen LogP contribution in [0.15, 0.2) is 22.8 Å². The molecule has 0 amide bonds. The fourth-order valence-corrected chi connectivity index (χ4v) is 1.68. The molecule has 0 aliphatic heterocycles. The van der Waals surface area contributed by atoms with Crippen LogP contribution in [0.5, 0.6) is 0 Å². The molecular weight excluding hydrogens is 214 g/mol. The van der Waals surface area contributed by atoms with Crippen molar-refractivity contribution in [2.75, 3.05) is 19.8 Å². The molecule has 1 aromatic heterocycles. The van der Waals surface area contributed by atoms with Gasteiger partial charge in [0.2, 0.25) is 0 Å². The molecule has 0 bridgehead atoms. The molecule has 98 valence electrons. The van der Waals surface area contributed by atoms with E-state index >= 15 is 0 Å². The van der Waals surface area contributed by atoms with Gasteiger partial charge in [0.15, 0.2) is 0 Å². The highest BCUT2D eigenvalue weighted by atomic mass is 16.5. The Morgan fingerprint density at radius 3 is 2.76 bits per heavy atom. The van der Waals surface area contributed by atoms with Gasteiger partial charge in [-0.05, 0) is 37.8 Å². The molecule has 1 N–H and O–H groups in total. The maximum absolute atomic E-state index is 5.56. The minimum Gasteiger partial charge on any atom is -0.468 e. The molecule has 0 radical (unpaired) electrons. The van der Waals surface area contributed by atoms with Crippen LogP contribution in [0.25, 0.3) is 0 Å². The van der Waals surface area contributed by atoms with Gasteiger partial charge >= 0.3 is 0 Å². The Labute approximate surface area is 105 Å². The summed E-state index contributed by atoms with van der Waals surface area (Å²) in [5, 5.41) is 3.37. The van der Waals surface area contributed by atoms with Crippen LogP contribution in [0.1, 0.15) is 45.4 Å². The summed E-state index contributed by atoms with van der Waals surface area (Å²) in [5.74, 6) is 1.75. The summed E-state index contributed by atoms with van der Waals surface area (Å²) in [6.07, 6.45) is 4.11. The smallest absolute Gasteiger partial charge is 0.120 e. The van der Waals surface area contributed by atoms with E-state index in [4.69, 9.17) is 9.15 Å². The summed E-state index contributed by atoms with van der Waals surface area (Å²) in [7, 11) is 0. The second-order valence-electron chi connectivity index (χ2n) is 4.84. The van der Waals surface area contributed by atoms with Crippen molar-refractivity contribution in [3.8, 4) is 0 Å². The molecule has 0 spiro atoms. The molecule has 0 saturated heterocycles. The average Bonchev–Trinajstić information content (AvgIpc) is 2.80. The fraction of sp³-hybridized carbons (Fsp3) is 0.714. The van der Waals surface area contributed by atoms with Crippen molar-refractivity contribution in [3.63, 3.8) is 0 Å². The van der Waals surface area contributed by atoms with Gasteiger partial charge in [-0.15, -0.1) is 0 Å². The maximum atomic E-state index is 5.56. The normalized spacial score (nSPS) is 13.2. The van der Waals surface area contributed by atoms with Crippen molar-refractivity contribution in [1.29, 1.82) is 0 Å². The van der Waals surface area contributed by atoms with Crippen molar-refractivity contribution in [3.05, 3.63) is 24.2 Å². The third-order valence-electron chi connectivity index (χ3n) is 2.74. The van der Waals surface area contributed by atoms with Gasteiger partial charge in [0.25, 0.3) is 0 Å². The molecule has 1 aromatic rings. The van der Waals surface area contributed by atoms with Gasteiger partial charge in [0.05, 0.1) is 18.9 Å². The van der Waals surface area contributed by atoms with Gasteiger partial charge < -0.3 is 14.5 Å². The highest BCUT2D eigenvalue weighted by molar-refractivity contribution is 5.02. The van der Waals surface area contributed by atoms with E-state index in [-0.39, 0.29) is 6.04 Å². The van der Waals surface area contributed by atoms with Crippen molar-refractivity contribution in [1.82, 2.24) is 5.32 Å². The number of rotatable bonds is 9. The Bertz CT molecular complexity index is 270. The van der Waals surface area contributed by atoms with Gasteiger partial charge in [-0.2, -0.15) is 0 Å². The maximum Gasteiger partial charge on any atom is 0.120 e. The van der Waals surface area contributed by atoms with E-state index in [0.717, 1.165) is 37.9 Å². The first-order valence-electron chi connectivity index (χ1n) is 6.54. The number of furan rings is 1. The van der Waals surface area contributed by atoms with Crippen LogP contribution < -0.4 is 5.32 Å². The van der Waals surface area contributed by atoms with Crippen LogP contribution in [0.3, 0.4) is 0 Å². The molecule has 3 nitrogen and oxygen atoms in total. The molecule has 0 fully saturated rings. The highest BCUT2D eigenvalue weighted by Crippen LogP contribution is 2.11. The summed E-state index contributed by atoms with van der Waals surface area (Å²) in [6.45, 7) is 9.08. The van der Waals surface area contributed by atoms with Gasteiger partial charge in [-0.3, -0.25) is 0 Å². The molecule has 0 saturated carbocycles. The SMILES string of the molecule is CC(C)CCCOCCNC(C)c1ccco1. The van der Waals surface area contributed by atoms with E-state index in [2.05, 4.69) is 26.1 Å². The van der Waals surface area contributed by atoms with Gasteiger partial charge in [0, 0.05) is 13.2 Å². The molecule has 17 heavy (non-hydrogen) atoms. The highest BCUT2D eigenvalue weighted by Gasteiger charge is 2.05. The molecular formula is C14H25NO2. The van der Waals surface area contributed by atoms with Crippen molar-refractivity contribution >= 4 is 0 Å². The topological polar surface area (TPSA) is 34.4 Å². The molecule has 1 unspecified atom stereocenters. The average molecular weight is 239 g/mol. The Kier molecular flexibility index (Phi) is 6.97. The summed E-state index contributed by atoms with van der Waals surface area (Å²) in [5.41, 5.74) is 0. The van der Waals surface area contributed by atoms with E-state index in [9.17, 15) is 0 Å². The van der Waals surface area contributed by atoms with E-state index < -0.39 is 0 Å². The largest absolute Gasteiger partial charge is 0.468 e. The molecule has 1 rings (SSSR count).